The minimum atomic E-state index is 0.449. The summed E-state index contributed by atoms with van der Waals surface area (Å²) in [4.78, 5) is 2.61. The lowest BCUT2D eigenvalue weighted by Crippen LogP contribution is -2.55. The molecular weight excluding hydrogens is 188 g/mol. The molecule has 0 aliphatic carbocycles. The third-order valence-electron chi connectivity index (χ3n) is 4.13. The molecule has 15 heavy (non-hydrogen) atoms. The number of nitrogens with zero attached hydrogens (tertiary/aromatic N) is 1. The topological polar surface area (TPSA) is 38.5 Å². The summed E-state index contributed by atoms with van der Waals surface area (Å²) in [5.74, 6) is 0. The van der Waals surface area contributed by atoms with Crippen LogP contribution >= 0.6 is 0 Å². The van der Waals surface area contributed by atoms with Gasteiger partial charge in [-0.3, -0.25) is 4.90 Å². The van der Waals surface area contributed by atoms with Crippen LogP contribution in [0.3, 0.4) is 0 Å². The summed E-state index contributed by atoms with van der Waals surface area (Å²) in [6.07, 6.45) is 5.23. The van der Waals surface area contributed by atoms with E-state index in [1.165, 1.54) is 38.8 Å². The Kier molecular flexibility index (Phi) is 3.65. The normalized spacial score (nSPS) is 31.2. The Balaban J connectivity index is 1.90. The van der Waals surface area contributed by atoms with Crippen LogP contribution in [-0.2, 0) is 4.74 Å². The van der Waals surface area contributed by atoms with Crippen molar-refractivity contribution in [1.29, 1.82) is 0 Å². The predicted molar refractivity (Wildman–Crippen MR) is 61.8 cm³/mol. The van der Waals surface area contributed by atoms with Crippen molar-refractivity contribution >= 4 is 0 Å². The fraction of sp³-hybridized carbons (Fsp3) is 1.00. The smallest absolute Gasteiger partial charge is 0.0557 e. The van der Waals surface area contributed by atoms with Crippen LogP contribution < -0.4 is 5.73 Å². The number of rotatable bonds is 4. The van der Waals surface area contributed by atoms with E-state index in [4.69, 9.17) is 10.5 Å². The fourth-order valence-corrected chi connectivity index (χ4v) is 2.76. The van der Waals surface area contributed by atoms with Crippen LogP contribution in [0.5, 0.6) is 0 Å². The van der Waals surface area contributed by atoms with Crippen LogP contribution in [0, 0.1) is 5.41 Å². The van der Waals surface area contributed by atoms with Crippen molar-refractivity contribution in [1.82, 2.24) is 4.90 Å². The maximum Gasteiger partial charge on any atom is 0.0557 e. The molecule has 2 aliphatic rings. The molecule has 0 aromatic heterocycles. The van der Waals surface area contributed by atoms with Crippen molar-refractivity contribution in [2.45, 2.75) is 38.6 Å². The second kappa shape index (κ2) is 4.81. The Bertz CT molecular complexity index is 198. The minimum absolute atomic E-state index is 0.449. The van der Waals surface area contributed by atoms with Crippen LogP contribution in [0.4, 0.5) is 0 Å². The molecule has 0 aromatic rings. The first kappa shape index (κ1) is 11.4. The molecule has 3 heteroatoms. The molecule has 3 nitrogen and oxygen atoms in total. The molecule has 1 unspecified atom stereocenters. The molecule has 1 atom stereocenters. The van der Waals surface area contributed by atoms with E-state index in [2.05, 4.69) is 11.8 Å². The monoisotopic (exact) mass is 212 g/mol. The maximum atomic E-state index is 5.84. The number of hydrogen-bond acceptors (Lipinski definition) is 3. The van der Waals surface area contributed by atoms with Gasteiger partial charge in [-0.1, -0.05) is 13.3 Å². The van der Waals surface area contributed by atoms with Crippen LogP contribution in [0.25, 0.3) is 0 Å². The van der Waals surface area contributed by atoms with Gasteiger partial charge < -0.3 is 10.5 Å². The quantitative estimate of drug-likeness (QED) is 0.761. The summed E-state index contributed by atoms with van der Waals surface area (Å²) in [6.45, 7) is 7.45. The summed E-state index contributed by atoms with van der Waals surface area (Å²) in [5, 5.41) is 0. The molecule has 88 valence electrons. The first-order chi connectivity index (χ1) is 7.29. The van der Waals surface area contributed by atoms with Crippen molar-refractivity contribution in [3.63, 3.8) is 0 Å². The lowest BCUT2D eigenvalue weighted by molar-refractivity contribution is -0.133. The molecule has 0 saturated carbocycles. The van der Waals surface area contributed by atoms with Crippen molar-refractivity contribution < 1.29 is 4.74 Å². The van der Waals surface area contributed by atoms with Gasteiger partial charge in [-0.2, -0.15) is 0 Å². The van der Waals surface area contributed by atoms with E-state index in [0.717, 1.165) is 19.8 Å². The van der Waals surface area contributed by atoms with Crippen LogP contribution in [-0.4, -0.2) is 43.8 Å². The second-order valence-corrected chi connectivity index (χ2v) is 5.20. The van der Waals surface area contributed by atoms with E-state index in [0.29, 0.717) is 11.5 Å². The highest BCUT2D eigenvalue weighted by Gasteiger charge is 2.39. The van der Waals surface area contributed by atoms with Gasteiger partial charge in [0.25, 0.3) is 0 Å². The number of hydrogen-bond donors (Lipinski definition) is 1. The zero-order valence-electron chi connectivity index (χ0n) is 9.87. The fourth-order valence-electron chi connectivity index (χ4n) is 2.76. The predicted octanol–water partition coefficient (Wildman–Crippen LogP) is 1.23. The average molecular weight is 212 g/mol. The van der Waals surface area contributed by atoms with Gasteiger partial charge in [-0.05, 0) is 25.8 Å². The molecule has 2 N–H and O–H groups in total. The summed E-state index contributed by atoms with van der Waals surface area (Å²) in [5.41, 5.74) is 6.29. The molecule has 0 bridgehead atoms. The zero-order valence-corrected chi connectivity index (χ0v) is 9.87. The number of ether oxygens (including phenoxy) is 1. The van der Waals surface area contributed by atoms with Crippen molar-refractivity contribution in [3.8, 4) is 0 Å². The Morgan fingerprint density at radius 1 is 1.40 bits per heavy atom. The molecular formula is C12H24N2O. The van der Waals surface area contributed by atoms with Crippen molar-refractivity contribution in [2.75, 3.05) is 32.8 Å². The Morgan fingerprint density at radius 2 is 2.20 bits per heavy atom. The van der Waals surface area contributed by atoms with E-state index in [9.17, 15) is 0 Å². The molecule has 0 amide bonds. The van der Waals surface area contributed by atoms with Crippen LogP contribution in [0.1, 0.15) is 32.6 Å². The summed E-state index contributed by atoms with van der Waals surface area (Å²) in [6, 6.07) is 0.628. The number of likely N-dealkylation sites (tertiary alicyclic amines) is 1. The van der Waals surface area contributed by atoms with Gasteiger partial charge in [-0.25, -0.2) is 0 Å². The van der Waals surface area contributed by atoms with Gasteiger partial charge in [0.05, 0.1) is 13.2 Å². The van der Waals surface area contributed by atoms with Gasteiger partial charge in [-0.15, -0.1) is 0 Å². The highest BCUT2D eigenvalue weighted by atomic mass is 16.5. The molecule has 2 saturated heterocycles. The molecule has 2 aliphatic heterocycles. The van der Waals surface area contributed by atoms with E-state index in [1.807, 2.05) is 0 Å². The van der Waals surface area contributed by atoms with E-state index in [1.54, 1.807) is 0 Å². The lowest BCUT2D eigenvalue weighted by Gasteiger charge is -2.47. The summed E-state index contributed by atoms with van der Waals surface area (Å²) >= 11 is 0. The first-order valence-corrected chi connectivity index (χ1v) is 6.31. The van der Waals surface area contributed by atoms with Gasteiger partial charge in [0.15, 0.2) is 0 Å². The summed E-state index contributed by atoms with van der Waals surface area (Å²) in [7, 11) is 0. The van der Waals surface area contributed by atoms with E-state index < -0.39 is 0 Å². The Labute approximate surface area is 93.0 Å². The van der Waals surface area contributed by atoms with Crippen LogP contribution in [0.2, 0.25) is 0 Å². The lowest BCUT2D eigenvalue weighted by atomic mass is 9.81. The summed E-state index contributed by atoms with van der Waals surface area (Å²) < 4.78 is 5.38. The Morgan fingerprint density at radius 3 is 2.73 bits per heavy atom. The standard InChI is InChI=1S/C12H24N2O/c1-2-12(9-15-10-12)8-14-6-4-3-5-11(14)7-13/h11H,2-10,13H2,1H3. The van der Waals surface area contributed by atoms with Gasteiger partial charge >= 0.3 is 0 Å². The molecule has 0 spiro atoms. The van der Waals surface area contributed by atoms with E-state index in [-0.39, 0.29) is 0 Å². The molecule has 2 rings (SSSR count). The highest BCUT2D eigenvalue weighted by molar-refractivity contribution is 4.90. The largest absolute Gasteiger partial charge is 0.380 e. The highest BCUT2D eigenvalue weighted by Crippen LogP contribution is 2.33. The number of nitrogens with two attached hydrogens (primary N) is 1. The zero-order chi connectivity index (χ0) is 10.7. The van der Waals surface area contributed by atoms with E-state index >= 15 is 0 Å². The first-order valence-electron chi connectivity index (χ1n) is 6.31. The number of piperidine rings is 1. The van der Waals surface area contributed by atoms with Gasteiger partial charge in [0.1, 0.15) is 0 Å². The van der Waals surface area contributed by atoms with Gasteiger partial charge in [0.2, 0.25) is 0 Å². The van der Waals surface area contributed by atoms with Gasteiger partial charge in [0, 0.05) is 24.5 Å². The average Bonchev–Trinajstić information content (AvgIpc) is 2.24. The third kappa shape index (κ3) is 2.35. The minimum Gasteiger partial charge on any atom is -0.380 e. The Hall–Kier alpha value is -0.120. The molecule has 2 fully saturated rings. The third-order valence-corrected chi connectivity index (χ3v) is 4.13. The maximum absolute atomic E-state index is 5.84. The molecule has 0 aromatic carbocycles. The second-order valence-electron chi connectivity index (χ2n) is 5.20. The van der Waals surface area contributed by atoms with Crippen molar-refractivity contribution in [3.05, 3.63) is 0 Å². The molecule has 0 radical (unpaired) electrons. The van der Waals surface area contributed by atoms with Crippen molar-refractivity contribution in [2.24, 2.45) is 11.1 Å². The molecule has 2 heterocycles. The van der Waals surface area contributed by atoms with Crippen LogP contribution in [0.15, 0.2) is 0 Å². The SMILES string of the molecule is CCC1(CN2CCCCC2CN)COC1.